The van der Waals surface area contributed by atoms with Crippen molar-refractivity contribution in [2.45, 2.75) is 0 Å². The molecule has 3 heteroatoms. The third kappa shape index (κ3) is 2.64. The van der Waals surface area contributed by atoms with Gasteiger partial charge in [0.2, 0.25) is 0 Å². The number of halogens is 1. The summed E-state index contributed by atoms with van der Waals surface area (Å²) in [4.78, 5) is 0. The Hall–Kier alpha value is -0.130. The number of hydroxylamine groups is 1. The van der Waals surface area contributed by atoms with Gasteiger partial charge in [0.15, 0.2) is 0 Å². The SMILES string of the molecule is CN([O-])[I-]c1ccccc1. The molecule has 10 heavy (non-hydrogen) atoms. The van der Waals surface area contributed by atoms with Crippen molar-refractivity contribution < 1.29 is 21.5 Å². The molecule has 0 aliphatic carbocycles. The summed E-state index contributed by atoms with van der Waals surface area (Å²) in [5.74, 6) is 0. The maximum absolute atomic E-state index is 10.6. The van der Waals surface area contributed by atoms with E-state index >= 15 is 0 Å². The monoisotopic (exact) mass is 249 g/mol. The van der Waals surface area contributed by atoms with Crippen molar-refractivity contribution in [2.75, 3.05) is 7.05 Å². The van der Waals surface area contributed by atoms with Gasteiger partial charge in [-0.2, -0.15) is 0 Å². The summed E-state index contributed by atoms with van der Waals surface area (Å²) in [5.41, 5.74) is 0. The zero-order valence-electron chi connectivity index (χ0n) is 5.62. The fraction of sp³-hybridized carbons (Fsp3) is 0.143. The molecule has 0 aliphatic rings. The Morgan fingerprint density at radius 3 is 2.40 bits per heavy atom. The number of nitrogens with zero attached hydrogens (tertiary/aromatic N) is 1. The molecule has 0 spiro atoms. The van der Waals surface area contributed by atoms with E-state index in [9.17, 15) is 5.21 Å². The van der Waals surface area contributed by atoms with Gasteiger partial charge in [-0.25, -0.2) is 0 Å². The van der Waals surface area contributed by atoms with Crippen LogP contribution >= 0.6 is 0 Å². The first-order valence-electron chi connectivity index (χ1n) is 2.90. The molecular weight excluding hydrogens is 241 g/mol. The molecule has 0 N–H and O–H groups in total. The first kappa shape index (κ1) is 7.97. The number of rotatable bonds is 2. The van der Waals surface area contributed by atoms with Crippen LogP contribution in [0.15, 0.2) is 30.3 Å². The second-order valence-electron chi connectivity index (χ2n) is 1.80. The molecule has 56 valence electrons. The molecule has 0 amide bonds. The van der Waals surface area contributed by atoms with Crippen LogP contribution in [0.5, 0.6) is 0 Å². The third-order valence-electron chi connectivity index (χ3n) is 0.950. The molecule has 0 radical (unpaired) electrons. The summed E-state index contributed by atoms with van der Waals surface area (Å²) in [7, 11) is 1.57. The van der Waals surface area contributed by atoms with Crippen molar-refractivity contribution >= 4 is 0 Å². The minimum atomic E-state index is -0.455. The average Bonchev–Trinajstić information content (AvgIpc) is 1.88. The van der Waals surface area contributed by atoms with Crippen molar-refractivity contribution in [1.82, 2.24) is 3.28 Å². The van der Waals surface area contributed by atoms with E-state index in [1.165, 1.54) is 3.57 Å². The van der Waals surface area contributed by atoms with Crippen LogP contribution in [0.25, 0.3) is 0 Å². The van der Waals surface area contributed by atoms with Gasteiger partial charge in [0.25, 0.3) is 0 Å². The molecule has 1 rings (SSSR count). The van der Waals surface area contributed by atoms with Crippen molar-refractivity contribution in [2.24, 2.45) is 0 Å². The Balaban J connectivity index is 2.59. The van der Waals surface area contributed by atoms with Crippen molar-refractivity contribution in [3.05, 3.63) is 39.1 Å². The quantitative estimate of drug-likeness (QED) is 0.354. The second-order valence-corrected chi connectivity index (χ2v) is 4.89. The minimum absolute atomic E-state index is 0.455. The predicted molar refractivity (Wildman–Crippen MR) is 36.3 cm³/mol. The Morgan fingerprint density at radius 1 is 1.30 bits per heavy atom. The first-order chi connectivity index (χ1) is 4.79. The van der Waals surface area contributed by atoms with Crippen molar-refractivity contribution in [3.8, 4) is 0 Å². The Kier molecular flexibility index (Phi) is 3.11. The summed E-state index contributed by atoms with van der Waals surface area (Å²) >= 11 is -0.455. The number of hydrogen-bond donors (Lipinski definition) is 0. The van der Waals surface area contributed by atoms with Crippen LogP contribution < -0.4 is 21.5 Å². The molecular formula is C7H8INO-2. The van der Waals surface area contributed by atoms with Gasteiger partial charge in [0.05, 0.1) is 0 Å². The average molecular weight is 249 g/mol. The third-order valence-corrected chi connectivity index (χ3v) is 2.91. The second kappa shape index (κ2) is 3.90. The molecule has 0 saturated carbocycles. The molecule has 0 aliphatic heterocycles. The molecule has 0 heterocycles. The zero-order chi connectivity index (χ0) is 7.40. The van der Waals surface area contributed by atoms with Gasteiger partial charge in [-0.05, 0) is 0 Å². The molecule has 0 bridgehead atoms. The molecule has 0 unspecified atom stereocenters. The van der Waals surface area contributed by atoms with Crippen LogP contribution in [0.3, 0.4) is 0 Å². The summed E-state index contributed by atoms with van der Waals surface area (Å²) in [5, 5.41) is 10.6. The van der Waals surface area contributed by atoms with E-state index in [0.29, 0.717) is 0 Å². The van der Waals surface area contributed by atoms with Crippen LogP contribution in [0.4, 0.5) is 0 Å². The molecule has 1 aromatic rings. The van der Waals surface area contributed by atoms with Gasteiger partial charge < -0.3 is 0 Å². The topological polar surface area (TPSA) is 26.3 Å². The summed E-state index contributed by atoms with van der Waals surface area (Å²) in [6, 6.07) is 9.85. The Bertz CT molecular complexity index is 188. The maximum atomic E-state index is 10.6. The predicted octanol–water partition coefficient (Wildman–Crippen LogP) is -1.71. The van der Waals surface area contributed by atoms with Crippen LogP contribution in [0, 0.1) is 8.78 Å². The normalized spacial score (nSPS) is 10.7. The Labute approximate surface area is 71.0 Å². The molecule has 2 nitrogen and oxygen atoms in total. The number of benzene rings is 1. The fourth-order valence-electron chi connectivity index (χ4n) is 0.608. The summed E-state index contributed by atoms with van der Waals surface area (Å²) in [6.45, 7) is 0. The molecule has 0 fully saturated rings. The summed E-state index contributed by atoms with van der Waals surface area (Å²) < 4.78 is 2.19. The van der Waals surface area contributed by atoms with E-state index in [1.54, 1.807) is 7.05 Å². The van der Waals surface area contributed by atoms with Gasteiger partial charge in [-0.1, -0.05) is 0 Å². The van der Waals surface area contributed by atoms with E-state index in [4.69, 9.17) is 0 Å². The summed E-state index contributed by atoms with van der Waals surface area (Å²) in [6.07, 6.45) is 0. The van der Waals surface area contributed by atoms with Gasteiger partial charge in [-0.3, -0.25) is 0 Å². The molecule has 1 aromatic carbocycles. The van der Waals surface area contributed by atoms with Gasteiger partial charge in [0.1, 0.15) is 0 Å². The zero-order valence-corrected chi connectivity index (χ0v) is 7.78. The standard InChI is InChI=1S/C7H8INO/c1-9(10)8-7-5-3-2-4-6-7/h2-6H,1H3/q-2. The van der Waals surface area contributed by atoms with Crippen LogP contribution in [-0.4, -0.2) is 10.3 Å². The van der Waals surface area contributed by atoms with Crippen molar-refractivity contribution in [1.29, 1.82) is 0 Å². The number of hydrogen-bond acceptors (Lipinski definition) is 2. The molecule has 0 atom stereocenters. The van der Waals surface area contributed by atoms with E-state index in [0.717, 1.165) is 3.28 Å². The molecule has 0 saturated heterocycles. The van der Waals surface area contributed by atoms with Crippen molar-refractivity contribution in [3.63, 3.8) is 0 Å². The van der Waals surface area contributed by atoms with Crippen LogP contribution in [0.2, 0.25) is 0 Å². The van der Waals surface area contributed by atoms with Crippen LogP contribution in [-0.2, 0) is 0 Å². The fourth-order valence-corrected chi connectivity index (χ4v) is 2.13. The van der Waals surface area contributed by atoms with Gasteiger partial charge >= 0.3 is 70.9 Å². The van der Waals surface area contributed by atoms with Crippen LogP contribution in [0.1, 0.15) is 0 Å². The van der Waals surface area contributed by atoms with Gasteiger partial charge in [0, 0.05) is 0 Å². The molecule has 0 aromatic heterocycles. The van der Waals surface area contributed by atoms with E-state index in [-0.39, 0.29) is 0 Å². The van der Waals surface area contributed by atoms with E-state index in [2.05, 4.69) is 0 Å². The van der Waals surface area contributed by atoms with E-state index < -0.39 is 21.5 Å². The Morgan fingerprint density at radius 2 is 1.90 bits per heavy atom. The van der Waals surface area contributed by atoms with Gasteiger partial charge in [-0.15, -0.1) is 0 Å². The van der Waals surface area contributed by atoms with E-state index in [1.807, 2.05) is 30.3 Å². The first-order valence-corrected chi connectivity index (χ1v) is 4.94.